The standard InChI is InChI=1S/C22H22N4O3/c1-2-14-7-9-16(10-8-14)24-20(27)13-26-21(28)19(25-22(26)29)11-15-12-23-18-6-4-3-5-17(15)18/h3-10,12,19,23H,2,11,13H2,1H3,(H,24,27)(H,25,29)/t19-/m0/s1. The van der Waals surface area contributed by atoms with Gasteiger partial charge in [-0.05, 0) is 35.7 Å². The predicted octanol–water partition coefficient (Wildman–Crippen LogP) is 2.83. The Labute approximate surface area is 168 Å². The fraction of sp³-hybridized carbons (Fsp3) is 0.227. The molecule has 0 saturated carbocycles. The van der Waals surface area contributed by atoms with Crippen molar-refractivity contribution in [2.75, 3.05) is 11.9 Å². The number of benzene rings is 2. The van der Waals surface area contributed by atoms with Crippen molar-refractivity contribution in [3.8, 4) is 0 Å². The summed E-state index contributed by atoms with van der Waals surface area (Å²) in [4.78, 5) is 41.4. The lowest BCUT2D eigenvalue weighted by Gasteiger charge is -2.13. The van der Waals surface area contributed by atoms with Crippen LogP contribution in [0.25, 0.3) is 10.9 Å². The summed E-state index contributed by atoms with van der Waals surface area (Å²) in [5.74, 6) is -0.803. The van der Waals surface area contributed by atoms with Crippen LogP contribution in [-0.2, 0) is 22.4 Å². The molecule has 2 heterocycles. The van der Waals surface area contributed by atoms with Gasteiger partial charge in [-0.25, -0.2) is 4.79 Å². The van der Waals surface area contributed by atoms with E-state index >= 15 is 0 Å². The molecular weight excluding hydrogens is 368 g/mol. The molecule has 3 N–H and O–H groups in total. The third-order valence-electron chi connectivity index (χ3n) is 5.15. The van der Waals surface area contributed by atoms with Gasteiger partial charge in [0.05, 0.1) is 0 Å². The van der Waals surface area contributed by atoms with E-state index in [2.05, 4.69) is 22.5 Å². The third kappa shape index (κ3) is 3.85. The molecule has 1 aliphatic rings. The molecule has 148 valence electrons. The van der Waals surface area contributed by atoms with E-state index in [0.29, 0.717) is 12.1 Å². The van der Waals surface area contributed by atoms with Crippen LogP contribution < -0.4 is 10.6 Å². The van der Waals surface area contributed by atoms with Crippen LogP contribution in [0.15, 0.2) is 54.7 Å². The number of nitrogens with one attached hydrogen (secondary N) is 3. The molecule has 1 fully saturated rings. The average molecular weight is 390 g/mol. The van der Waals surface area contributed by atoms with Crippen LogP contribution in [0, 0.1) is 0 Å². The van der Waals surface area contributed by atoms with E-state index < -0.39 is 23.9 Å². The maximum atomic E-state index is 12.7. The van der Waals surface area contributed by atoms with Gasteiger partial charge >= 0.3 is 6.03 Å². The van der Waals surface area contributed by atoms with Crippen LogP contribution in [0.3, 0.4) is 0 Å². The number of fused-ring (bicyclic) bond motifs is 1. The first-order chi connectivity index (χ1) is 14.0. The monoisotopic (exact) mass is 390 g/mol. The first-order valence-electron chi connectivity index (χ1n) is 9.61. The Morgan fingerprint density at radius 3 is 2.62 bits per heavy atom. The summed E-state index contributed by atoms with van der Waals surface area (Å²) in [6.07, 6.45) is 3.12. The van der Waals surface area contributed by atoms with Crippen LogP contribution >= 0.6 is 0 Å². The lowest BCUT2D eigenvalue weighted by molar-refractivity contribution is -0.130. The molecule has 0 unspecified atom stereocenters. The molecule has 1 aliphatic heterocycles. The van der Waals surface area contributed by atoms with Crippen molar-refractivity contribution in [2.45, 2.75) is 25.8 Å². The fourth-order valence-electron chi connectivity index (χ4n) is 3.55. The number of aryl methyl sites for hydroxylation is 1. The van der Waals surface area contributed by atoms with Gasteiger partial charge in [0.2, 0.25) is 5.91 Å². The highest BCUT2D eigenvalue weighted by molar-refractivity contribution is 6.08. The number of carbonyl (C=O) groups excluding carboxylic acids is 3. The van der Waals surface area contributed by atoms with Gasteiger partial charge in [-0.3, -0.25) is 14.5 Å². The molecule has 4 rings (SSSR count). The number of para-hydroxylation sites is 1. The van der Waals surface area contributed by atoms with Crippen molar-refractivity contribution in [1.82, 2.24) is 15.2 Å². The van der Waals surface area contributed by atoms with Crippen molar-refractivity contribution >= 4 is 34.4 Å². The smallest absolute Gasteiger partial charge is 0.325 e. The molecule has 0 radical (unpaired) electrons. The second-order valence-corrected chi connectivity index (χ2v) is 7.09. The Balaban J connectivity index is 1.40. The van der Waals surface area contributed by atoms with Gasteiger partial charge in [-0.15, -0.1) is 0 Å². The number of imide groups is 1. The fourth-order valence-corrected chi connectivity index (χ4v) is 3.55. The predicted molar refractivity (Wildman–Crippen MR) is 110 cm³/mol. The topological polar surface area (TPSA) is 94.3 Å². The number of hydrogen-bond acceptors (Lipinski definition) is 3. The SMILES string of the molecule is CCc1ccc(NC(=O)CN2C(=O)N[C@@H](Cc3c[nH]c4ccccc34)C2=O)cc1. The van der Waals surface area contributed by atoms with Crippen LogP contribution in [0.5, 0.6) is 0 Å². The molecule has 0 spiro atoms. The number of aromatic nitrogens is 1. The van der Waals surface area contributed by atoms with Crippen LogP contribution in [0.2, 0.25) is 0 Å². The second-order valence-electron chi connectivity index (χ2n) is 7.09. The molecule has 0 bridgehead atoms. The van der Waals surface area contributed by atoms with Gasteiger partial charge in [0.15, 0.2) is 0 Å². The molecule has 1 aromatic heterocycles. The van der Waals surface area contributed by atoms with E-state index in [9.17, 15) is 14.4 Å². The Bertz CT molecular complexity index is 1070. The van der Waals surface area contributed by atoms with E-state index in [4.69, 9.17) is 0 Å². The maximum absolute atomic E-state index is 12.7. The largest absolute Gasteiger partial charge is 0.361 e. The molecule has 3 aromatic rings. The molecule has 4 amide bonds. The molecular formula is C22H22N4O3. The molecule has 7 nitrogen and oxygen atoms in total. The maximum Gasteiger partial charge on any atom is 0.325 e. The third-order valence-corrected chi connectivity index (χ3v) is 5.15. The number of urea groups is 1. The molecule has 7 heteroatoms. The molecule has 1 atom stereocenters. The second kappa shape index (κ2) is 7.79. The molecule has 1 saturated heterocycles. The van der Waals surface area contributed by atoms with Gasteiger partial charge in [0.1, 0.15) is 12.6 Å². The first kappa shape index (κ1) is 18.7. The number of rotatable bonds is 6. The van der Waals surface area contributed by atoms with Gasteiger partial charge in [-0.1, -0.05) is 37.3 Å². The van der Waals surface area contributed by atoms with E-state index in [1.54, 1.807) is 0 Å². The summed E-state index contributed by atoms with van der Waals surface area (Å²) in [7, 11) is 0. The van der Waals surface area contributed by atoms with Crippen molar-refractivity contribution in [1.29, 1.82) is 0 Å². The number of amides is 4. The highest BCUT2D eigenvalue weighted by Gasteiger charge is 2.39. The number of carbonyl (C=O) groups is 3. The van der Waals surface area contributed by atoms with E-state index in [1.807, 2.05) is 54.7 Å². The molecule has 2 aromatic carbocycles. The minimum atomic E-state index is -0.682. The van der Waals surface area contributed by atoms with Crippen molar-refractivity contribution in [2.24, 2.45) is 0 Å². The van der Waals surface area contributed by atoms with Gasteiger partial charge in [0.25, 0.3) is 5.91 Å². The number of hydrogen-bond donors (Lipinski definition) is 3. The Morgan fingerprint density at radius 2 is 1.86 bits per heavy atom. The normalized spacial score (nSPS) is 16.3. The van der Waals surface area contributed by atoms with Gasteiger partial charge in [-0.2, -0.15) is 0 Å². The number of H-pyrrole nitrogens is 1. The minimum Gasteiger partial charge on any atom is -0.361 e. The Hall–Kier alpha value is -3.61. The minimum absolute atomic E-state index is 0.315. The van der Waals surface area contributed by atoms with E-state index in [-0.39, 0.29) is 6.54 Å². The lowest BCUT2D eigenvalue weighted by Crippen LogP contribution is -2.38. The highest BCUT2D eigenvalue weighted by Crippen LogP contribution is 2.21. The van der Waals surface area contributed by atoms with Crippen LogP contribution in [-0.4, -0.2) is 40.3 Å². The highest BCUT2D eigenvalue weighted by atomic mass is 16.2. The zero-order valence-electron chi connectivity index (χ0n) is 16.1. The van der Waals surface area contributed by atoms with Gasteiger partial charge < -0.3 is 15.6 Å². The quantitative estimate of drug-likeness (QED) is 0.565. The summed E-state index contributed by atoms with van der Waals surface area (Å²) < 4.78 is 0. The first-order valence-corrected chi connectivity index (χ1v) is 9.61. The summed E-state index contributed by atoms with van der Waals surface area (Å²) in [6.45, 7) is 1.74. The van der Waals surface area contributed by atoms with Crippen LogP contribution in [0.1, 0.15) is 18.1 Å². The number of nitrogens with zero attached hydrogens (tertiary/aromatic N) is 1. The summed E-state index contributed by atoms with van der Waals surface area (Å²) >= 11 is 0. The lowest BCUT2D eigenvalue weighted by atomic mass is 10.1. The Kier molecular flexibility index (Phi) is 5.03. The van der Waals surface area contributed by atoms with E-state index in [0.717, 1.165) is 33.4 Å². The Morgan fingerprint density at radius 1 is 1.10 bits per heavy atom. The zero-order chi connectivity index (χ0) is 20.4. The van der Waals surface area contributed by atoms with Crippen molar-refractivity contribution in [3.05, 3.63) is 65.9 Å². The van der Waals surface area contributed by atoms with E-state index in [1.165, 1.54) is 0 Å². The van der Waals surface area contributed by atoms with Crippen LogP contribution in [0.4, 0.5) is 10.5 Å². The average Bonchev–Trinajstić information content (AvgIpc) is 3.25. The number of anilines is 1. The molecule has 29 heavy (non-hydrogen) atoms. The van der Waals surface area contributed by atoms with Crippen molar-refractivity contribution in [3.63, 3.8) is 0 Å². The summed E-state index contributed by atoms with van der Waals surface area (Å²) in [6, 6.07) is 14.0. The summed E-state index contributed by atoms with van der Waals surface area (Å²) in [5.41, 5.74) is 3.72. The molecule has 0 aliphatic carbocycles. The number of aromatic amines is 1. The zero-order valence-corrected chi connectivity index (χ0v) is 16.1. The van der Waals surface area contributed by atoms with Gasteiger partial charge in [0, 0.05) is 29.2 Å². The van der Waals surface area contributed by atoms with Crippen molar-refractivity contribution < 1.29 is 14.4 Å². The summed E-state index contributed by atoms with van der Waals surface area (Å²) in [5, 5.41) is 6.43.